The number of benzene rings is 2. The van der Waals surface area contributed by atoms with E-state index in [1.165, 1.54) is 0 Å². The molecule has 236 valence electrons. The number of ether oxygens (including phenoxy) is 2. The number of nitrogens with one attached hydrogen (secondary N) is 1. The van der Waals surface area contributed by atoms with E-state index in [1.54, 1.807) is 12.1 Å². The van der Waals surface area contributed by atoms with Crippen LogP contribution in [0.3, 0.4) is 0 Å². The number of pyridine rings is 1. The summed E-state index contributed by atoms with van der Waals surface area (Å²) in [5, 5.41) is 16.3. The fraction of sp³-hybridized carbons (Fsp3) is 0.500. The summed E-state index contributed by atoms with van der Waals surface area (Å²) in [6, 6.07) is 9.31. The van der Waals surface area contributed by atoms with Gasteiger partial charge in [0.25, 0.3) is 0 Å². The molecule has 1 unspecified atom stereocenters. The molecule has 11 heteroatoms. The number of alkyl halides is 1. The van der Waals surface area contributed by atoms with Crippen molar-refractivity contribution in [2.75, 3.05) is 44.3 Å². The van der Waals surface area contributed by atoms with E-state index < -0.39 is 17.5 Å². The van der Waals surface area contributed by atoms with E-state index in [0.29, 0.717) is 49.4 Å². The molecule has 3 saturated heterocycles. The second-order valence-electron chi connectivity index (χ2n) is 13.0. The van der Waals surface area contributed by atoms with Crippen LogP contribution in [0.25, 0.3) is 32.9 Å². The molecule has 0 amide bonds. The van der Waals surface area contributed by atoms with Gasteiger partial charge in [-0.1, -0.05) is 32.0 Å². The number of halogens is 2. The standard InChI is InChI=1S/C34H38F2N6O3/c1-3-19-7-5-8-20-11-24(43)12-25(26(19)20)29-28(36)30-27-31(42-16-22(4-2)37-14-23(42)17-44-32(27)38-29)40-33(39-30)45-18-34-9-6-10-41(34)15-21(35)13-34/h5,7-8,11-12,21-23,37,43H,3-4,6,9-10,13-18H2,1-2H3/t21-,22?,23-,34+/m0/s1. The molecule has 0 spiro atoms. The number of nitrogens with zero attached hydrogens (tertiary/aromatic N) is 5. The Kier molecular flexibility index (Phi) is 6.94. The number of fused-ring (bicyclic) bond motifs is 4. The van der Waals surface area contributed by atoms with Crippen molar-refractivity contribution in [1.82, 2.24) is 25.2 Å². The van der Waals surface area contributed by atoms with E-state index in [-0.39, 0.29) is 47.5 Å². The van der Waals surface area contributed by atoms with Gasteiger partial charge in [-0.25, -0.2) is 13.8 Å². The first-order valence-electron chi connectivity index (χ1n) is 16.2. The van der Waals surface area contributed by atoms with Gasteiger partial charge in [0.2, 0.25) is 5.88 Å². The predicted molar refractivity (Wildman–Crippen MR) is 169 cm³/mol. The maximum atomic E-state index is 17.0. The molecule has 4 aliphatic heterocycles. The maximum absolute atomic E-state index is 17.0. The van der Waals surface area contributed by atoms with Gasteiger partial charge in [-0.3, -0.25) is 4.90 Å². The van der Waals surface area contributed by atoms with Crippen LogP contribution in [0.5, 0.6) is 17.6 Å². The zero-order valence-electron chi connectivity index (χ0n) is 25.7. The number of aryl methyl sites for hydroxylation is 1. The number of hydrogen-bond acceptors (Lipinski definition) is 9. The van der Waals surface area contributed by atoms with Gasteiger partial charge in [0, 0.05) is 37.7 Å². The Morgan fingerprint density at radius 2 is 2.04 bits per heavy atom. The van der Waals surface area contributed by atoms with Crippen LogP contribution in [-0.4, -0.2) is 88.1 Å². The van der Waals surface area contributed by atoms with E-state index in [9.17, 15) is 9.50 Å². The number of aromatic nitrogens is 3. The molecule has 4 atom stereocenters. The number of phenols is 1. The van der Waals surface area contributed by atoms with E-state index in [4.69, 9.17) is 19.4 Å². The number of phenolic OH excluding ortho intramolecular Hbond substituents is 1. The summed E-state index contributed by atoms with van der Waals surface area (Å²) < 4.78 is 44.2. The highest BCUT2D eigenvalue weighted by Gasteiger charge is 2.49. The Balaban J connectivity index is 1.32. The molecule has 9 nitrogen and oxygen atoms in total. The van der Waals surface area contributed by atoms with Gasteiger partial charge in [0.15, 0.2) is 5.82 Å². The van der Waals surface area contributed by atoms with Crippen LogP contribution >= 0.6 is 0 Å². The summed E-state index contributed by atoms with van der Waals surface area (Å²) in [6.45, 7) is 7.35. The Morgan fingerprint density at radius 3 is 2.89 bits per heavy atom. The van der Waals surface area contributed by atoms with E-state index in [0.717, 1.165) is 48.6 Å². The SMILES string of the molecule is CCc1cccc2cc(O)cc(-c3nc4c5c(nc(OC[C@]67CCCN6C[C@@H](F)C7)nc5c3F)N3CC(CC)NC[C@H]3CO4)c12. The second-order valence-corrected chi connectivity index (χ2v) is 13.0. The van der Waals surface area contributed by atoms with Crippen molar-refractivity contribution in [2.24, 2.45) is 0 Å². The number of aromatic hydroxyl groups is 1. The van der Waals surface area contributed by atoms with E-state index >= 15 is 4.39 Å². The lowest BCUT2D eigenvalue weighted by Gasteiger charge is -2.39. The van der Waals surface area contributed by atoms with Gasteiger partial charge >= 0.3 is 6.01 Å². The number of piperazine rings is 1. The van der Waals surface area contributed by atoms with Crippen LogP contribution in [0.2, 0.25) is 0 Å². The molecule has 2 aromatic heterocycles. The normalized spacial score (nSPS) is 26.1. The first-order valence-corrected chi connectivity index (χ1v) is 16.2. The average molecular weight is 617 g/mol. The third-order valence-electron chi connectivity index (χ3n) is 10.3. The predicted octanol–water partition coefficient (Wildman–Crippen LogP) is 5.16. The zero-order chi connectivity index (χ0) is 30.9. The topological polar surface area (TPSA) is 95.9 Å². The molecule has 6 heterocycles. The molecule has 3 fully saturated rings. The minimum absolute atomic E-state index is 0.0168. The third kappa shape index (κ3) is 4.65. The largest absolute Gasteiger partial charge is 0.508 e. The van der Waals surface area contributed by atoms with Crippen LogP contribution in [0.1, 0.15) is 45.1 Å². The van der Waals surface area contributed by atoms with Crippen molar-refractivity contribution in [3.05, 3.63) is 41.7 Å². The second kappa shape index (κ2) is 10.9. The van der Waals surface area contributed by atoms with Gasteiger partial charge in [-0.2, -0.15) is 9.97 Å². The first kappa shape index (κ1) is 28.6. The lowest BCUT2D eigenvalue weighted by Crippen LogP contribution is -2.58. The van der Waals surface area contributed by atoms with Crippen LogP contribution in [0.15, 0.2) is 30.3 Å². The lowest BCUT2D eigenvalue weighted by atomic mass is 9.95. The van der Waals surface area contributed by atoms with Crippen molar-refractivity contribution in [1.29, 1.82) is 0 Å². The molecule has 2 N–H and O–H groups in total. The van der Waals surface area contributed by atoms with Gasteiger partial charge < -0.3 is 24.8 Å². The molecule has 0 radical (unpaired) electrons. The summed E-state index contributed by atoms with van der Waals surface area (Å²) >= 11 is 0. The minimum atomic E-state index is -0.889. The van der Waals surface area contributed by atoms with Gasteiger partial charge in [0.05, 0.1) is 11.6 Å². The molecular formula is C34H38F2N6O3. The Hall–Kier alpha value is -3.83. The lowest BCUT2D eigenvalue weighted by molar-refractivity contribution is 0.107. The summed E-state index contributed by atoms with van der Waals surface area (Å²) in [4.78, 5) is 18.7. The maximum Gasteiger partial charge on any atom is 0.319 e. The number of rotatable bonds is 6. The highest BCUT2D eigenvalue weighted by atomic mass is 19.1. The fourth-order valence-corrected chi connectivity index (χ4v) is 8.00. The smallest absolute Gasteiger partial charge is 0.319 e. The molecule has 0 bridgehead atoms. The molecule has 45 heavy (non-hydrogen) atoms. The average Bonchev–Trinajstić information content (AvgIpc) is 3.52. The van der Waals surface area contributed by atoms with Crippen LogP contribution < -0.4 is 19.7 Å². The Labute approximate surface area is 260 Å². The van der Waals surface area contributed by atoms with E-state index in [1.807, 2.05) is 25.1 Å². The molecule has 8 rings (SSSR count). The summed E-state index contributed by atoms with van der Waals surface area (Å²) in [7, 11) is 0. The van der Waals surface area contributed by atoms with Crippen molar-refractivity contribution in [2.45, 2.75) is 69.7 Å². The van der Waals surface area contributed by atoms with Crippen LogP contribution in [0, 0.1) is 5.82 Å². The fourth-order valence-electron chi connectivity index (χ4n) is 8.00. The van der Waals surface area contributed by atoms with Crippen molar-refractivity contribution in [3.8, 4) is 28.9 Å². The summed E-state index contributed by atoms with van der Waals surface area (Å²) in [5.41, 5.74) is 1.20. The Morgan fingerprint density at radius 1 is 1.16 bits per heavy atom. The van der Waals surface area contributed by atoms with Crippen LogP contribution in [0.4, 0.5) is 14.6 Å². The minimum Gasteiger partial charge on any atom is -0.508 e. The molecule has 0 saturated carbocycles. The monoisotopic (exact) mass is 616 g/mol. The number of hydrogen-bond donors (Lipinski definition) is 2. The molecule has 4 aliphatic rings. The summed E-state index contributed by atoms with van der Waals surface area (Å²) in [6.07, 6.45) is 3.00. The van der Waals surface area contributed by atoms with Crippen molar-refractivity contribution in [3.63, 3.8) is 0 Å². The van der Waals surface area contributed by atoms with Gasteiger partial charge in [-0.15, -0.1) is 0 Å². The quantitative estimate of drug-likeness (QED) is 0.305. The van der Waals surface area contributed by atoms with E-state index in [2.05, 4.69) is 27.0 Å². The van der Waals surface area contributed by atoms with Gasteiger partial charge in [-0.05, 0) is 60.7 Å². The van der Waals surface area contributed by atoms with Crippen molar-refractivity contribution < 1.29 is 23.4 Å². The molecular weight excluding hydrogens is 578 g/mol. The highest BCUT2D eigenvalue weighted by Crippen LogP contribution is 2.44. The Bertz CT molecular complexity index is 1810. The molecule has 0 aliphatic carbocycles. The number of anilines is 1. The van der Waals surface area contributed by atoms with Gasteiger partial charge in [0.1, 0.15) is 47.5 Å². The molecule has 2 aromatic carbocycles. The third-order valence-corrected chi connectivity index (χ3v) is 10.3. The van der Waals surface area contributed by atoms with Crippen molar-refractivity contribution >= 4 is 27.5 Å². The van der Waals surface area contributed by atoms with Crippen LogP contribution in [-0.2, 0) is 6.42 Å². The summed E-state index contributed by atoms with van der Waals surface area (Å²) in [5.74, 6) is 0.182. The first-order chi connectivity index (χ1) is 21.9. The highest BCUT2D eigenvalue weighted by molar-refractivity contribution is 6.03. The molecule has 4 aromatic rings. The zero-order valence-corrected chi connectivity index (χ0v) is 25.7.